The number of hydrogen-bond donors (Lipinski definition) is 1. The SMILES string of the molecule is C/C=C(CCS)\C(=C/CC)OC. The van der Waals surface area contributed by atoms with Gasteiger partial charge in [0.2, 0.25) is 0 Å². The lowest BCUT2D eigenvalue weighted by Crippen LogP contribution is -1.93. The molecule has 0 saturated heterocycles. The van der Waals surface area contributed by atoms with Crippen molar-refractivity contribution < 1.29 is 4.74 Å². The second-order valence-electron chi connectivity index (χ2n) is 2.47. The molecule has 0 spiro atoms. The highest BCUT2D eigenvalue weighted by atomic mass is 32.1. The Morgan fingerprint density at radius 2 is 2.17 bits per heavy atom. The molecule has 1 nitrogen and oxygen atoms in total. The van der Waals surface area contributed by atoms with Gasteiger partial charge in [0.05, 0.1) is 7.11 Å². The minimum atomic E-state index is 0.865. The molecule has 0 aromatic carbocycles. The Bertz CT molecular complexity index is 171. The number of methoxy groups -OCH3 is 1. The minimum Gasteiger partial charge on any atom is -0.497 e. The van der Waals surface area contributed by atoms with Crippen molar-refractivity contribution in [1.29, 1.82) is 0 Å². The third kappa shape index (κ3) is 3.86. The molecule has 0 bridgehead atoms. The third-order valence-electron chi connectivity index (χ3n) is 1.66. The summed E-state index contributed by atoms with van der Waals surface area (Å²) >= 11 is 4.19. The highest BCUT2D eigenvalue weighted by molar-refractivity contribution is 7.80. The van der Waals surface area contributed by atoms with E-state index in [9.17, 15) is 0 Å². The molecule has 0 amide bonds. The van der Waals surface area contributed by atoms with E-state index >= 15 is 0 Å². The summed E-state index contributed by atoms with van der Waals surface area (Å²) in [6.07, 6.45) is 6.16. The van der Waals surface area contributed by atoms with Gasteiger partial charge >= 0.3 is 0 Å². The molecule has 0 aliphatic rings. The van der Waals surface area contributed by atoms with E-state index in [1.165, 1.54) is 5.57 Å². The first-order chi connectivity index (χ1) is 5.79. The van der Waals surface area contributed by atoms with Gasteiger partial charge < -0.3 is 4.74 Å². The summed E-state index contributed by atoms with van der Waals surface area (Å²) in [7, 11) is 1.71. The van der Waals surface area contributed by atoms with Crippen LogP contribution in [0.1, 0.15) is 26.7 Å². The van der Waals surface area contributed by atoms with Crippen molar-refractivity contribution in [2.24, 2.45) is 0 Å². The molecule has 0 aliphatic heterocycles. The van der Waals surface area contributed by atoms with Crippen LogP contribution in [0.4, 0.5) is 0 Å². The fraction of sp³-hybridized carbons (Fsp3) is 0.600. The van der Waals surface area contributed by atoms with Gasteiger partial charge in [-0.2, -0.15) is 12.6 Å². The molecule has 0 atom stereocenters. The predicted molar refractivity (Wildman–Crippen MR) is 57.6 cm³/mol. The van der Waals surface area contributed by atoms with Crippen LogP contribution in [0, 0.1) is 0 Å². The highest BCUT2D eigenvalue weighted by Gasteiger charge is 2.01. The number of ether oxygens (including phenoxy) is 1. The lowest BCUT2D eigenvalue weighted by Gasteiger charge is -2.08. The molecule has 0 unspecified atom stereocenters. The average molecular weight is 186 g/mol. The number of thiol groups is 1. The van der Waals surface area contributed by atoms with Crippen molar-refractivity contribution in [3.8, 4) is 0 Å². The third-order valence-corrected chi connectivity index (χ3v) is 1.88. The van der Waals surface area contributed by atoms with Crippen LogP contribution < -0.4 is 0 Å². The smallest absolute Gasteiger partial charge is 0.117 e. The Kier molecular flexibility index (Phi) is 7.06. The van der Waals surface area contributed by atoms with Crippen molar-refractivity contribution >= 4 is 12.6 Å². The van der Waals surface area contributed by atoms with Gasteiger partial charge in [-0.25, -0.2) is 0 Å². The van der Waals surface area contributed by atoms with Crippen LogP contribution in [0.3, 0.4) is 0 Å². The molecule has 2 heteroatoms. The van der Waals surface area contributed by atoms with Crippen molar-refractivity contribution in [3.05, 3.63) is 23.5 Å². The fourth-order valence-corrected chi connectivity index (χ4v) is 1.30. The van der Waals surface area contributed by atoms with E-state index in [4.69, 9.17) is 4.74 Å². The molecule has 70 valence electrons. The van der Waals surface area contributed by atoms with Gasteiger partial charge in [0.1, 0.15) is 5.76 Å². The van der Waals surface area contributed by atoms with Crippen molar-refractivity contribution in [2.75, 3.05) is 12.9 Å². The second-order valence-corrected chi connectivity index (χ2v) is 2.92. The Balaban J connectivity index is 4.35. The summed E-state index contributed by atoms with van der Waals surface area (Å²) in [6.45, 7) is 4.13. The molecule has 0 fully saturated rings. The van der Waals surface area contributed by atoms with Crippen LogP contribution in [-0.2, 0) is 4.74 Å². The summed E-state index contributed by atoms with van der Waals surface area (Å²) in [5.74, 6) is 1.86. The van der Waals surface area contributed by atoms with E-state index in [0.717, 1.165) is 24.4 Å². The second kappa shape index (κ2) is 7.29. The van der Waals surface area contributed by atoms with Gasteiger partial charge in [-0.05, 0) is 37.2 Å². The molecular weight excluding hydrogens is 168 g/mol. The monoisotopic (exact) mass is 186 g/mol. The first-order valence-corrected chi connectivity index (χ1v) is 4.93. The topological polar surface area (TPSA) is 9.23 Å². The Morgan fingerprint density at radius 3 is 2.50 bits per heavy atom. The van der Waals surface area contributed by atoms with Gasteiger partial charge in [0.25, 0.3) is 0 Å². The lowest BCUT2D eigenvalue weighted by atomic mass is 10.1. The zero-order valence-corrected chi connectivity index (χ0v) is 9.03. The minimum absolute atomic E-state index is 0.865. The Hall–Kier alpha value is -0.370. The van der Waals surface area contributed by atoms with E-state index < -0.39 is 0 Å². The van der Waals surface area contributed by atoms with Gasteiger partial charge in [0, 0.05) is 0 Å². The van der Waals surface area contributed by atoms with Crippen molar-refractivity contribution in [2.45, 2.75) is 26.7 Å². The Labute approximate surface area is 80.9 Å². The fourth-order valence-electron chi connectivity index (χ4n) is 1.06. The summed E-state index contributed by atoms with van der Waals surface area (Å²) in [5, 5.41) is 0. The lowest BCUT2D eigenvalue weighted by molar-refractivity contribution is 0.297. The van der Waals surface area contributed by atoms with Gasteiger partial charge in [0.15, 0.2) is 0 Å². The zero-order chi connectivity index (χ0) is 9.40. The molecule has 0 heterocycles. The molecular formula is C10H18OS. The van der Waals surface area contributed by atoms with E-state index in [0.29, 0.717) is 0 Å². The first kappa shape index (κ1) is 11.6. The summed E-state index contributed by atoms with van der Waals surface area (Å²) in [6, 6.07) is 0. The quantitative estimate of drug-likeness (QED) is 0.394. The van der Waals surface area contributed by atoms with Gasteiger partial charge in [-0.15, -0.1) is 0 Å². The summed E-state index contributed by atoms with van der Waals surface area (Å²) < 4.78 is 5.26. The maximum atomic E-state index is 5.26. The van der Waals surface area contributed by atoms with Crippen LogP contribution in [0.15, 0.2) is 23.5 Å². The molecule has 12 heavy (non-hydrogen) atoms. The number of allylic oxidation sites excluding steroid dienone is 3. The van der Waals surface area contributed by atoms with E-state index in [1.807, 2.05) is 6.92 Å². The predicted octanol–water partition coefficient (Wildman–Crippen LogP) is 3.19. The van der Waals surface area contributed by atoms with Crippen LogP contribution in [-0.4, -0.2) is 12.9 Å². The number of rotatable bonds is 5. The van der Waals surface area contributed by atoms with Crippen molar-refractivity contribution in [3.63, 3.8) is 0 Å². The molecule has 0 saturated carbocycles. The first-order valence-electron chi connectivity index (χ1n) is 4.30. The zero-order valence-electron chi connectivity index (χ0n) is 8.13. The van der Waals surface area contributed by atoms with Crippen molar-refractivity contribution in [1.82, 2.24) is 0 Å². The maximum absolute atomic E-state index is 5.26. The normalized spacial score (nSPS) is 13.3. The summed E-state index contributed by atoms with van der Waals surface area (Å²) in [4.78, 5) is 0. The Morgan fingerprint density at radius 1 is 1.50 bits per heavy atom. The van der Waals surface area contributed by atoms with E-state index in [2.05, 4.69) is 31.7 Å². The van der Waals surface area contributed by atoms with Crippen LogP contribution in [0.2, 0.25) is 0 Å². The average Bonchev–Trinajstić information content (AvgIpc) is 2.11. The number of hydrogen-bond acceptors (Lipinski definition) is 2. The van der Waals surface area contributed by atoms with E-state index in [1.54, 1.807) is 7.11 Å². The van der Waals surface area contributed by atoms with E-state index in [-0.39, 0.29) is 0 Å². The van der Waals surface area contributed by atoms with Gasteiger partial charge in [-0.1, -0.05) is 13.0 Å². The molecule has 0 aliphatic carbocycles. The van der Waals surface area contributed by atoms with Crippen LogP contribution in [0.25, 0.3) is 0 Å². The standard InChI is InChI=1S/C10H18OS/c1-4-6-10(11-3)9(5-2)7-8-12/h5-6,12H,4,7-8H2,1-3H3/b9-5-,10-6+. The largest absolute Gasteiger partial charge is 0.497 e. The molecule has 0 aromatic heterocycles. The summed E-state index contributed by atoms with van der Waals surface area (Å²) in [5.41, 5.74) is 1.24. The van der Waals surface area contributed by atoms with Crippen LogP contribution in [0.5, 0.6) is 0 Å². The highest BCUT2D eigenvalue weighted by Crippen LogP contribution is 2.15. The maximum Gasteiger partial charge on any atom is 0.117 e. The molecule has 0 rings (SSSR count). The molecule has 0 aromatic rings. The van der Waals surface area contributed by atoms with Gasteiger partial charge in [-0.3, -0.25) is 0 Å². The van der Waals surface area contributed by atoms with Crippen LogP contribution >= 0.6 is 12.6 Å². The molecule has 0 radical (unpaired) electrons. The molecule has 0 N–H and O–H groups in total.